The Hall–Kier alpha value is -2.65. The monoisotopic (exact) mass is 417 g/mol. The number of anilines is 1. The minimum absolute atomic E-state index is 0.159. The van der Waals surface area contributed by atoms with Gasteiger partial charge in [0.15, 0.2) is 10.8 Å². The van der Waals surface area contributed by atoms with E-state index in [1.807, 2.05) is 39.3 Å². The van der Waals surface area contributed by atoms with Gasteiger partial charge in [0.05, 0.1) is 14.2 Å². The fourth-order valence-electron chi connectivity index (χ4n) is 3.01. The minimum Gasteiger partial charge on any atom is -0.495 e. The molecule has 8 nitrogen and oxygen atoms in total. The van der Waals surface area contributed by atoms with E-state index < -0.39 is 0 Å². The van der Waals surface area contributed by atoms with Crippen LogP contribution in [0.15, 0.2) is 24.4 Å². The van der Waals surface area contributed by atoms with E-state index in [1.165, 1.54) is 11.3 Å². The molecule has 0 aliphatic carbocycles. The fourth-order valence-corrected chi connectivity index (χ4v) is 4.11. The van der Waals surface area contributed by atoms with Gasteiger partial charge in [-0.2, -0.15) is 5.10 Å². The van der Waals surface area contributed by atoms with E-state index in [1.54, 1.807) is 29.9 Å². The molecule has 0 saturated carbocycles. The largest absolute Gasteiger partial charge is 0.495 e. The number of nitrogens with zero attached hydrogens (tertiary/aromatic N) is 5. The lowest BCUT2D eigenvalue weighted by molar-refractivity contribution is 0.0980. The van der Waals surface area contributed by atoms with Crippen LogP contribution in [0.3, 0.4) is 0 Å². The molecule has 1 aromatic carbocycles. The van der Waals surface area contributed by atoms with Gasteiger partial charge < -0.3 is 14.4 Å². The number of thiazole rings is 1. The number of hydrogen-bond acceptors (Lipinski definition) is 7. The predicted octanol–water partition coefficient (Wildman–Crippen LogP) is 3.13. The summed E-state index contributed by atoms with van der Waals surface area (Å²) in [5.41, 5.74) is 1.10. The van der Waals surface area contributed by atoms with Gasteiger partial charge >= 0.3 is 0 Å². The van der Waals surface area contributed by atoms with Crippen molar-refractivity contribution >= 4 is 32.6 Å². The Balaban J connectivity index is 2.01. The smallest absolute Gasteiger partial charge is 0.280 e. The summed E-state index contributed by atoms with van der Waals surface area (Å²) in [5, 5.41) is 4.99. The molecule has 0 bridgehead atoms. The summed E-state index contributed by atoms with van der Waals surface area (Å²) in [7, 11) is 7.26. The van der Waals surface area contributed by atoms with Gasteiger partial charge in [-0.25, -0.2) is 4.98 Å². The molecule has 0 aliphatic rings. The second-order valence-electron chi connectivity index (χ2n) is 6.81. The van der Waals surface area contributed by atoms with E-state index in [4.69, 9.17) is 14.5 Å². The topological polar surface area (TPSA) is 72.7 Å². The van der Waals surface area contributed by atoms with Crippen molar-refractivity contribution in [3.05, 3.63) is 30.1 Å². The first-order valence-corrected chi connectivity index (χ1v) is 10.3. The molecule has 0 spiro atoms. The highest BCUT2D eigenvalue weighted by Gasteiger charge is 2.25. The lowest BCUT2D eigenvalue weighted by Gasteiger charge is -2.20. The SMILES string of the molecule is CCn1ccc(C(=O)N(CCCN(C)C)c2nc3c(OC)ccc(OC)c3s2)n1. The van der Waals surface area contributed by atoms with Crippen molar-refractivity contribution in [2.75, 3.05) is 46.3 Å². The van der Waals surface area contributed by atoms with Crippen LogP contribution in [0.25, 0.3) is 10.2 Å². The molecule has 3 aromatic rings. The number of fused-ring (bicyclic) bond motifs is 1. The highest BCUT2D eigenvalue weighted by molar-refractivity contribution is 7.22. The number of rotatable bonds is 9. The van der Waals surface area contributed by atoms with Gasteiger partial charge in [-0.1, -0.05) is 11.3 Å². The molecular formula is C20H27N5O3S. The molecule has 0 aliphatic heterocycles. The van der Waals surface area contributed by atoms with Crippen molar-refractivity contribution in [3.8, 4) is 11.5 Å². The molecule has 2 heterocycles. The van der Waals surface area contributed by atoms with E-state index in [0.29, 0.717) is 40.9 Å². The highest BCUT2D eigenvalue weighted by Crippen LogP contribution is 2.40. The van der Waals surface area contributed by atoms with Crippen molar-refractivity contribution in [2.24, 2.45) is 0 Å². The summed E-state index contributed by atoms with van der Waals surface area (Å²) in [5.74, 6) is 1.20. The molecule has 0 radical (unpaired) electrons. The third kappa shape index (κ3) is 4.51. The standard InChI is InChI=1S/C20H27N5O3S/c1-6-24-13-10-14(22-24)19(26)25(12-7-11-23(2)3)20-21-17-15(27-4)8-9-16(28-5)18(17)29-20/h8-10,13H,6-7,11-12H2,1-5H3. The van der Waals surface area contributed by atoms with Crippen LogP contribution in [0.2, 0.25) is 0 Å². The number of carbonyl (C=O) groups excluding carboxylic acids is 1. The van der Waals surface area contributed by atoms with Gasteiger partial charge in [0.25, 0.3) is 5.91 Å². The van der Waals surface area contributed by atoms with Gasteiger partial charge in [0.2, 0.25) is 0 Å². The quantitative estimate of drug-likeness (QED) is 0.533. The van der Waals surface area contributed by atoms with E-state index >= 15 is 0 Å². The Kier molecular flexibility index (Phi) is 6.71. The number of ether oxygens (including phenoxy) is 2. The van der Waals surface area contributed by atoms with Crippen molar-refractivity contribution in [1.82, 2.24) is 19.7 Å². The molecule has 9 heteroatoms. The molecule has 0 N–H and O–H groups in total. The van der Waals surface area contributed by atoms with Crippen LogP contribution < -0.4 is 14.4 Å². The van der Waals surface area contributed by atoms with Crippen LogP contribution >= 0.6 is 11.3 Å². The van der Waals surface area contributed by atoms with Crippen LogP contribution in [0.5, 0.6) is 11.5 Å². The van der Waals surface area contributed by atoms with Crippen LogP contribution in [-0.2, 0) is 6.54 Å². The van der Waals surface area contributed by atoms with Crippen molar-refractivity contribution in [2.45, 2.75) is 19.9 Å². The summed E-state index contributed by atoms with van der Waals surface area (Å²) < 4.78 is 13.5. The zero-order valence-corrected chi connectivity index (χ0v) is 18.3. The molecule has 0 fully saturated rings. The molecule has 0 unspecified atom stereocenters. The van der Waals surface area contributed by atoms with Gasteiger partial charge in [0, 0.05) is 19.3 Å². The van der Waals surface area contributed by atoms with Crippen LogP contribution in [0, 0.1) is 0 Å². The Bertz CT molecular complexity index is 941. The Morgan fingerprint density at radius 3 is 2.48 bits per heavy atom. The van der Waals surface area contributed by atoms with Gasteiger partial charge in [-0.3, -0.25) is 14.4 Å². The summed E-state index contributed by atoms with van der Waals surface area (Å²) >= 11 is 1.42. The molecule has 0 atom stereocenters. The number of carbonyl (C=O) groups is 1. The molecule has 3 rings (SSSR count). The maximum atomic E-state index is 13.3. The third-order valence-electron chi connectivity index (χ3n) is 4.55. The van der Waals surface area contributed by atoms with Gasteiger partial charge in [-0.15, -0.1) is 0 Å². The van der Waals surface area contributed by atoms with Gasteiger partial charge in [0.1, 0.15) is 21.7 Å². The zero-order chi connectivity index (χ0) is 21.0. The number of hydrogen-bond donors (Lipinski definition) is 0. The van der Waals surface area contributed by atoms with Gasteiger partial charge in [-0.05, 0) is 52.2 Å². The van der Waals surface area contributed by atoms with E-state index in [0.717, 1.165) is 17.7 Å². The first kappa shape index (κ1) is 21.1. The Morgan fingerprint density at radius 2 is 1.86 bits per heavy atom. The average Bonchev–Trinajstić information content (AvgIpc) is 3.37. The second-order valence-corrected chi connectivity index (χ2v) is 7.79. The Morgan fingerprint density at radius 1 is 1.14 bits per heavy atom. The molecule has 2 aromatic heterocycles. The number of methoxy groups -OCH3 is 2. The maximum absolute atomic E-state index is 13.3. The van der Waals surface area contributed by atoms with Crippen molar-refractivity contribution in [3.63, 3.8) is 0 Å². The number of aromatic nitrogens is 3. The van der Waals surface area contributed by atoms with Crippen LogP contribution in [0.1, 0.15) is 23.8 Å². The van der Waals surface area contributed by atoms with Crippen molar-refractivity contribution in [1.29, 1.82) is 0 Å². The fraction of sp³-hybridized carbons (Fsp3) is 0.450. The molecule has 29 heavy (non-hydrogen) atoms. The number of aryl methyl sites for hydroxylation is 1. The lowest BCUT2D eigenvalue weighted by atomic mass is 10.3. The lowest BCUT2D eigenvalue weighted by Crippen LogP contribution is -2.33. The number of amides is 1. The predicted molar refractivity (Wildman–Crippen MR) is 115 cm³/mol. The molecule has 0 saturated heterocycles. The van der Waals surface area contributed by atoms with Crippen LogP contribution in [0.4, 0.5) is 5.13 Å². The summed E-state index contributed by atoms with van der Waals surface area (Å²) in [6.45, 7) is 4.11. The average molecular weight is 418 g/mol. The maximum Gasteiger partial charge on any atom is 0.280 e. The zero-order valence-electron chi connectivity index (χ0n) is 17.5. The first-order chi connectivity index (χ1) is 14.0. The normalized spacial score (nSPS) is 11.2. The highest BCUT2D eigenvalue weighted by atomic mass is 32.1. The van der Waals surface area contributed by atoms with Crippen molar-refractivity contribution < 1.29 is 14.3 Å². The number of benzene rings is 1. The molecule has 1 amide bonds. The minimum atomic E-state index is -0.159. The first-order valence-electron chi connectivity index (χ1n) is 9.50. The van der Waals surface area contributed by atoms with E-state index in [2.05, 4.69) is 10.00 Å². The second kappa shape index (κ2) is 9.23. The molecule has 156 valence electrons. The van der Waals surface area contributed by atoms with E-state index in [-0.39, 0.29) is 5.91 Å². The van der Waals surface area contributed by atoms with E-state index in [9.17, 15) is 4.79 Å². The Labute approximate surface area is 174 Å². The van der Waals surface area contributed by atoms with Crippen LogP contribution in [-0.4, -0.2) is 67.0 Å². The molecular weight excluding hydrogens is 390 g/mol. The summed E-state index contributed by atoms with van der Waals surface area (Å²) in [4.78, 5) is 21.8. The third-order valence-corrected chi connectivity index (χ3v) is 5.64. The summed E-state index contributed by atoms with van der Waals surface area (Å²) in [6, 6.07) is 5.43. The summed E-state index contributed by atoms with van der Waals surface area (Å²) in [6.07, 6.45) is 2.63.